The highest BCUT2D eigenvalue weighted by Crippen LogP contribution is 1.73. The zero-order chi connectivity index (χ0) is 6.78. The van der Waals surface area contributed by atoms with Gasteiger partial charge in [0.25, 0.3) is 0 Å². The summed E-state index contributed by atoms with van der Waals surface area (Å²) < 4.78 is 12.7. The molecule has 1 unspecified atom stereocenters. The summed E-state index contributed by atoms with van der Waals surface area (Å²) in [5, 5.41) is 11.5. The average molecular weight is 92.1 g/mol. The van der Waals surface area contributed by atoms with Crippen LogP contribution < -0.4 is 0 Å². The van der Waals surface area contributed by atoms with Crippen molar-refractivity contribution in [3.05, 3.63) is 0 Å². The van der Waals surface area contributed by atoms with E-state index in [0.29, 0.717) is 0 Å². The average Bonchev–Trinajstić information content (AvgIpc) is 1.67. The first-order chi connectivity index (χ1) is 3.50. The summed E-state index contributed by atoms with van der Waals surface area (Å²) in [5.41, 5.74) is 0. The van der Waals surface area contributed by atoms with E-state index in [0.717, 1.165) is 6.92 Å². The Labute approximate surface area is 38.1 Å². The predicted molar refractivity (Wildman–Crippen MR) is 19.3 cm³/mol. The van der Waals surface area contributed by atoms with Crippen molar-refractivity contribution < 1.29 is 16.4 Å². The second kappa shape index (κ2) is 1.77. The van der Waals surface area contributed by atoms with Crippen molar-refractivity contribution in [2.24, 2.45) is 0 Å². The zero-order valence-corrected chi connectivity index (χ0v) is 3.26. The van der Waals surface area contributed by atoms with E-state index in [1.54, 1.807) is 0 Å². The second-order valence-corrected chi connectivity index (χ2v) is 0.861. The Morgan fingerprint density at radius 3 is 2.83 bits per heavy atom. The molecule has 0 bridgehead atoms. The fourth-order valence-electron chi connectivity index (χ4n) is 0. The first-order valence-corrected chi connectivity index (χ1v) is 1.38. The van der Waals surface area contributed by atoms with Crippen LogP contribution in [-0.4, -0.2) is 23.7 Å². The van der Waals surface area contributed by atoms with Gasteiger partial charge in [0.1, 0.15) is 6.08 Å². The van der Waals surface area contributed by atoms with Crippen molar-refractivity contribution in [3.63, 3.8) is 0 Å². The highest BCUT2D eigenvalue weighted by atomic mass is 16.4. The molecule has 0 aromatic carbocycles. The molecule has 3 heteroatoms. The first kappa shape index (κ1) is 2.58. The quantitative estimate of drug-likeness (QED) is 0.480. The van der Waals surface area contributed by atoms with Gasteiger partial charge in [-0.05, 0) is 6.92 Å². The van der Waals surface area contributed by atoms with Crippen molar-refractivity contribution in [1.82, 2.24) is 0 Å². The number of aliphatic carboxylic acids is 1. The smallest absolute Gasteiger partial charge is 0.332 e. The van der Waals surface area contributed by atoms with Gasteiger partial charge < -0.3 is 10.2 Å². The Bertz CT molecular complexity index is 101. The Morgan fingerprint density at radius 2 is 2.83 bits per heavy atom. The highest BCUT2D eigenvalue weighted by molar-refractivity contribution is 5.71. The number of hydrogen-bond donors (Lipinski definition) is 2. The van der Waals surface area contributed by atoms with Crippen LogP contribution in [0.4, 0.5) is 0 Å². The molecule has 0 saturated carbocycles. The number of hydrogen-bond acceptors (Lipinski definition) is 2. The minimum absolute atomic E-state index is 0.975. The van der Waals surface area contributed by atoms with Gasteiger partial charge in [0.2, 0.25) is 1.43 Å². The monoisotopic (exact) mass is 92.0 g/mol. The van der Waals surface area contributed by atoms with E-state index >= 15 is 0 Å². The number of carbonyl (C=O) groups is 1. The third-order valence-electron chi connectivity index (χ3n) is 0.301. The van der Waals surface area contributed by atoms with E-state index < -0.39 is 12.0 Å². The molecule has 0 rings (SSSR count). The van der Waals surface area contributed by atoms with Crippen LogP contribution in [0.25, 0.3) is 0 Å². The summed E-state index contributed by atoms with van der Waals surface area (Å²) in [4.78, 5) is 9.82. The van der Waals surface area contributed by atoms with Gasteiger partial charge >= 0.3 is 5.97 Å². The van der Waals surface area contributed by atoms with Gasteiger partial charge in [-0.25, -0.2) is 4.79 Å². The van der Waals surface area contributed by atoms with Crippen molar-refractivity contribution in [1.29, 1.82) is 1.43 Å². The Morgan fingerprint density at radius 1 is 2.33 bits per heavy atom. The lowest BCUT2D eigenvalue weighted by Crippen LogP contribution is -2.13. The lowest BCUT2D eigenvalue weighted by Gasteiger charge is -1.89. The van der Waals surface area contributed by atoms with Gasteiger partial charge in [0, 0.05) is 0 Å². The van der Waals surface area contributed by atoms with Crippen molar-refractivity contribution >= 4 is 5.97 Å². The molecule has 0 spiro atoms. The molecule has 3 nitrogen and oxygen atoms in total. The molecule has 0 fully saturated rings. The van der Waals surface area contributed by atoms with Gasteiger partial charge in [-0.15, -0.1) is 0 Å². The van der Waals surface area contributed by atoms with Gasteiger partial charge in [-0.2, -0.15) is 0 Å². The summed E-state index contributed by atoms with van der Waals surface area (Å²) in [7, 11) is 0. The summed E-state index contributed by atoms with van der Waals surface area (Å²) in [5.74, 6) is -1.47. The Kier molecular flexibility index (Phi) is 0.759. The standard InChI is InChI=1S/C3H6O3/c1-2(4)3(5)6/h2,4H,1H3,(H,5,6)/i2D,4D. The summed E-state index contributed by atoms with van der Waals surface area (Å²) in [6, 6.07) is 0. The van der Waals surface area contributed by atoms with Crippen LogP contribution in [0, 0.1) is 0 Å². The van der Waals surface area contributed by atoms with Gasteiger partial charge in [0.05, 0.1) is 1.37 Å². The third kappa shape index (κ3) is 1.72. The van der Waals surface area contributed by atoms with Gasteiger partial charge in [0.15, 0.2) is 0 Å². The van der Waals surface area contributed by atoms with E-state index in [1.807, 2.05) is 0 Å². The van der Waals surface area contributed by atoms with E-state index in [2.05, 4.69) is 5.11 Å². The van der Waals surface area contributed by atoms with Gasteiger partial charge in [-0.3, -0.25) is 0 Å². The molecular weight excluding hydrogens is 84.0 g/mol. The van der Waals surface area contributed by atoms with Gasteiger partial charge in [-0.1, -0.05) is 0 Å². The van der Waals surface area contributed by atoms with E-state index in [1.165, 1.54) is 0 Å². The number of carboxylic acids is 1. The molecule has 1 atom stereocenters. The summed E-state index contributed by atoms with van der Waals surface area (Å²) in [6.07, 6.45) is -2.12. The second-order valence-electron chi connectivity index (χ2n) is 0.861. The molecule has 0 aliphatic rings. The molecule has 6 heavy (non-hydrogen) atoms. The topological polar surface area (TPSA) is 57.5 Å². The Hall–Kier alpha value is -0.570. The number of aliphatic hydroxyl groups is 1. The molecule has 0 aromatic rings. The highest BCUT2D eigenvalue weighted by Gasteiger charge is 2.01. The van der Waals surface area contributed by atoms with E-state index in [9.17, 15) is 4.79 Å². The molecule has 0 aromatic heterocycles. The normalized spacial score (nSPS) is 23.5. The molecule has 0 saturated heterocycles. The van der Waals surface area contributed by atoms with Crippen molar-refractivity contribution in [2.45, 2.75) is 13.0 Å². The lowest BCUT2D eigenvalue weighted by atomic mass is 10.4. The van der Waals surface area contributed by atoms with Crippen LogP contribution in [0.5, 0.6) is 0 Å². The lowest BCUT2D eigenvalue weighted by molar-refractivity contribution is -0.145. The zero-order valence-electron chi connectivity index (χ0n) is 5.26. The minimum atomic E-state index is -2.12. The van der Waals surface area contributed by atoms with Crippen LogP contribution >= 0.6 is 0 Å². The maximum Gasteiger partial charge on any atom is 0.332 e. The fourth-order valence-corrected chi connectivity index (χ4v) is 0. The minimum Gasteiger partial charge on any atom is -0.479 e. The van der Waals surface area contributed by atoms with Crippen molar-refractivity contribution in [2.75, 3.05) is 0 Å². The molecule has 2 N–H and O–H groups in total. The van der Waals surface area contributed by atoms with E-state index in [4.69, 9.17) is 7.91 Å². The SMILES string of the molecule is [2H]OC([2H])(C)C(=O)O. The number of carboxylic acid groups (broad SMARTS) is 1. The summed E-state index contributed by atoms with van der Waals surface area (Å²) in [6.45, 7) is 0.975. The summed E-state index contributed by atoms with van der Waals surface area (Å²) >= 11 is 0. The van der Waals surface area contributed by atoms with Crippen LogP contribution in [0.2, 0.25) is 0 Å². The van der Waals surface area contributed by atoms with Crippen LogP contribution in [0.1, 0.15) is 8.29 Å². The molecule has 36 valence electrons. The van der Waals surface area contributed by atoms with E-state index in [-0.39, 0.29) is 0 Å². The molecule has 0 aliphatic carbocycles. The predicted octanol–water partition coefficient (Wildman–Crippen LogP) is -0.548. The number of rotatable bonds is 2. The van der Waals surface area contributed by atoms with Crippen molar-refractivity contribution in [3.8, 4) is 0 Å². The molecule has 0 amide bonds. The fraction of sp³-hybridized carbons (Fsp3) is 0.667. The molecule has 0 heterocycles. The maximum atomic E-state index is 9.82. The first-order valence-electron chi connectivity index (χ1n) is 2.29. The van der Waals surface area contributed by atoms with Crippen LogP contribution in [-0.2, 0) is 4.79 Å². The molecule has 0 radical (unpaired) electrons. The maximum absolute atomic E-state index is 9.82. The third-order valence-corrected chi connectivity index (χ3v) is 0.301. The Balaban J connectivity index is 3.91. The largest absolute Gasteiger partial charge is 0.479 e. The van der Waals surface area contributed by atoms with Crippen LogP contribution in [0.3, 0.4) is 0 Å². The molecule has 0 aliphatic heterocycles. The van der Waals surface area contributed by atoms with Crippen LogP contribution in [0.15, 0.2) is 0 Å². The molecular formula is C3H6O3.